The van der Waals surface area contributed by atoms with E-state index in [0.717, 1.165) is 11.1 Å². The van der Waals surface area contributed by atoms with Gasteiger partial charge in [0.05, 0.1) is 0 Å². The van der Waals surface area contributed by atoms with Crippen molar-refractivity contribution >= 4 is 18.0 Å². The fraction of sp³-hybridized carbons (Fsp3) is 0.375. The Balaban J connectivity index is 1.15. The number of aliphatic carboxylic acids is 1. The Morgan fingerprint density at radius 2 is 1.45 bits per heavy atom. The van der Waals surface area contributed by atoms with Gasteiger partial charge in [0.2, 0.25) is 5.91 Å². The molecular formula is C24H26N4O5. The van der Waals surface area contributed by atoms with Gasteiger partial charge in [0, 0.05) is 44.7 Å². The number of benzene rings is 2. The minimum absolute atomic E-state index is 0.00504. The van der Waals surface area contributed by atoms with E-state index < -0.39 is 17.7 Å². The second kappa shape index (κ2) is 9.81. The van der Waals surface area contributed by atoms with Gasteiger partial charge in [0.1, 0.15) is 6.61 Å². The van der Waals surface area contributed by atoms with Gasteiger partial charge in [-0.3, -0.25) is 9.59 Å². The molecule has 2 aromatic rings. The van der Waals surface area contributed by atoms with Gasteiger partial charge in [0.15, 0.2) is 5.66 Å². The Kier molecular flexibility index (Phi) is 6.67. The van der Waals surface area contributed by atoms with Crippen LogP contribution in [0.4, 0.5) is 4.79 Å². The molecule has 0 saturated carbocycles. The molecular weight excluding hydrogens is 424 g/mol. The van der Waals surface area contributed by atoms with E-state index in [1.807, 2.05) is 24.3 Å². The maximum Gasteiger partial charge on any atom is 0.407 e. The average Bonchev–Trinajstić information content (AvgIpc) is 3.53. The third kappa shape index (κ3) is 5.54. The number of carbonyl (C=O) groups is 3. The normalized spacial score (nSPS) is 14.8. The lowest BCUT2D eigenvalue weighted by Gasteiger charge is -2.14. The van der Waals surface area contributed by atoms with Crippen LogP contribution in [-0.2, 0) is 14.3 Å². The predicted molar refractivity (Wildman–Crippen MR) is 120 cm³/mol. The number of nitrogens with one attached hydrogen (secondary N) is 2. The summed E-state index contributed by atoms with van der Waals surface area (Å²) in [6, 6.07) is 16.3. The van der Waals surface area contributed by atoms with Gasteiger partial charge in [-0.25, -0.2) is 4.79 Å². The number of rotatable bonds is 11. The monoisotopic (exact) mass is 450 g/mol. The number of hydrogen-bond acceptors (Lipinski definition) is 6. The van der Waals surface area contributed by atoms with Crippen LogP contribution in [0.3, 0.4) is 0 Å². The van der Waals surface area contributed by atoms with Crippen LogP contribution in [-0.4, -0.2) is 48.4 Å². The van der Waals surface area contributed by atoms with E-state index in [1.165, 1.54) is 11.1 Å². The maximum atomic E-state index is 12.1. The Bertz CT molecular complexity index is 1030. The van der Waals surface area contributed by atoms with E-state index in [4.69, 9.17) is 9.84 Å². The fourth-order valence-corrected chi connectivity index (χ4v) is 4.12. The molecule has 2 amide bonds. The largest absolute Gasteiger partial charge is 0.481 e. The number of nitrogens with zero attached hydrogens (tertiary/aromatic N) is 2. The summed E-state index contributed by atoms with van der Waals surface area (Å²) in [6.07, 6.45) is 0.315. The number of carboxylic acid groups (broad SMARTS) is 1. The van der Waals surface area contributed by atoms with E-state index in [2.05, 4.69) is 45.1 Å². The Morgan fingerprint density at radius 3 is 2.06 bits per heavy atom. The van der Waals surface area contributed by atoms with Crippen molar-refractivity contribution in [3.63, 3.8) is 0 Å². The highest BCUT2D eigenvalue weighted by atomic mass is 16.5. The summed E-state index contributed by atoms with van der Waals surface area (Å²) in [5.41, 5.74) is 3.92. The molecule has 0 atom stereocenters. The molecule has 0 saturated heterocycles. The van der Waals surface area contributed by atoms with E-state index in [0.29, 0.717) is 12.8 Å². The first-order valence-corrected chi connectivity index (χ1v) is 11.0. The van der Waals surface area contributed by atoms with E-state index in [1.54, 1.807) is 0 Å². The summed E-state index contributed by atoms with van der Waals surface area (Å²) >= 11 is 0. The standard InChI is InChI=1S/C24H26N4O5/c29-21(9-11-24(27-28-24)12-10-22(30)31)25-13-14-26-23(32)33-15-20-18-7-3-1-5-16(18)17-6-2-4-8-19(17)20/h1-8,20H,9-15H2,(H,25,29)(H,26,32)(H,30,31). The summed E-state index contributed by atoms with van der Waals surface area (Å²) in [5.74, 6) is -1.11. The molecule has 1 aliphatic carbocycles. The molecule has 0 radical (unpaired) electrons. The van der Waals surface area contributed by atoms with Gasteiger partial charge >= 0.3 is 12.1 Å². The minimum atomic E-state index is -0.907. The smallest absolute Gasteiger partial charge is 0.407 e. The highest BCUT2D eigenvalue weighted by Gasteiger charge is 2.40. The quantitative estimate of drug-likeness (QED) is 0.452. The van der Waals surface area contributed by atoms with Crippen LogP contribution in [0.25, 0.3) is 11.1 Å². The Hall–Kier alpha value is -3.75. The lowest BCUT2D eigenvalue weighted by atomic mass is 9.98. The number of amides is 2. The van der Waals surface area contributed by atoms with Crippen molar-refractivity contribution in [2.45, 2.75) is 37.3 Å². The minimum Gasteiger partial charge on any atom is -0.481 e. The fourth-order valence-electron chi connectivity index (χ4n) is 4.12. The van der Waals surface area contributed by atoms with Crippen LogP contribution in [0.2, 0.25) is 0 Å². The summed E-state index contributed by atoms with van der Waals surface area (Å²) in [6.45, 7) is 0.735. The van der Waals surface area contributed by atoms with E-state index >= 15 is 0 Å². The predicted octanol–water partition coefficient (Wildman–Crippen LogP) is 3.45. The third-order valence-electron chi connectivity index (χ3n) is 5.93. The first-order valence-electron chi connectivity index (χ1n) is 11.0. The van der Waals surface area contributed by atoms with Gasteiger partial charge in [-0.1, -0.05) is 48.5 Å². The highest BCUT2D eigenvalue weighted by Crippen LogP contribution is 2.44. The van der Waals surface area contributed by atoms with Crippen molar-refractivity contribution in [2.24, 2.45) is 10.2 Å². The molecule has 33 heavy (non-hydrogen) atoms. The molecule has 1 heterocycles. The average molecular weight is 450 g/mol. The van der Waals surface area contributed by atoms with Crippen molar-refractivity contribution in [2.75, 3.05) is 19.7 Å². The SMILES string of the molecule is O=C(O)CCC1(CCC(=O)NCCNC(=O)OCC2c3ccccc3-c3ccccc32)N=N1. The van der Waals surface area contributed by atoms with E-state index in [-0.39, 0.29) is 44.4 Å². The number of fused-ring (bicyclic) bond motifs is 3. The van der Waals surface area contributed by atoms with Crippen LogP contribution in [0.15, 0.2) is 58.8 Å². The van der Waals surface area contributed by atoms with E-state index in [9.17, 15) is 14.4 Å². The van der Waals surface area contributed by atoms with Crippen LogP contribution >= 0.6 is 0 Å². The zero-order valence-corrected chi connectivity index (χ0v) is 18.1. The van der Waals surface area contributed by atoms with Crippen LogP contribution in [0.1, 0.15) is 42.7 Å². The molecule has 0 bridgehead atoms. The molecule has 172 valence electrons. The molecule has 9 nitrogen and oxygen atoms in total. The highest BCUT2D eigenvalue weighted by molar-refractivity contribution is 5.79. The van der Waals surface area contributed by atoms with Crippen LogP contribution < -0.4 is 10.6 Å². The topological polar surface area (TPSA) is 129 Å². The molecule has 3 N–H and O–H groups in total. The number of hydrogen-bond donors (Lipinski definition) is 3. The third-order valence-corrected chi connectivity index (χ3v) is 5.93. The lowest BCUT2D eigenvalue weighted by molar-refractivity contribution is -0.137. The molecule has 9 heteroatoms. The molecule has 1 aliphatic heterocycles. The molecule has 4 rings (SSSR count). The van der Waals surface area contributed by atoms with Crippen LogP contribution in [0, 0.1) is 0 Å². The summed E-state index contributed by atoms with van der Waals surface area (Å²) in [4.78, 5) is 34.8. The molecule has 0 spiro atoms. The second-order valence-corrected chi connectivity index (χ2v) is 8.18. The molecule has 0 aromatic heterocycles. The van der Waals surface area contributed by atoms with Crippen molar-refractivity contribution in [3.8, 4) is 11.1 Å². The summed E-state index contributed by atoms with van der Waals surface area (Å²) < 4.78 is 5.46. The number of carboxylic acids is 1. The Morgan fingerprint density at radius 1 is 0.879 bits per heavy atom. The van der Waals surface area contributed by atoms with Gasteiger partial charge < -0.3 is 20.5 Å². The first kappa shape index (κ1) is 22.4. The summed E-state index contributed by atoms with van der Waals surface area (Å²) in [7, 11) is 0. The zero-order valence-electron chi connectivity index (χ0n) is 18.1. The molecule has 2 aliphatic rings. The van der Waals surface area contributed by atoms with Gasteiger partial charge in [-0.05, 0) is 22.3 Å². The second-order valence-electron chi connectivity index (χ2n) is 8.18. The lowest BCUT2D eigenvalue weighted by Crippen LogP contribution is -2.35. The van der Waals surface area contributed by atoms with Crippen LogP contribution in [0.5, 0.6) is 0 Å². The molecule has 2 aromatic carbocycles. The van der Waals surface area contributed by atoms with Gasteiger partial charge in [0.25, 0.3) is 0 Å². The molecule has 0 unspecified atom stereocenters. The number of ether oxygens (including phenoxy) is 1. The van der Waals surface area contributed by atoms with Gasteiger partial charge in [-0.15, -0.1) is 0 Å². The van der Waals surface area contributed by atoms with Crippen molar-refractivity contribution in [3.05, 3.63) is 59.7 Å². The Labute approximate surface area is 191 Å². The van der Waals surface area contributed by atoms with Crippen molar-refractivity contribution < 1.29 is 24.2 Å². The molecule has 0 fully saturated rings. The number of alkyl carbamates (subject to hydrolysis) is 1. The van der Waals surface area contributed by atoms with Crippen molar-refractivity contribution in [1.29, 1.82) is 0 Å². The maximum absolute atomic E-state index is 12.1. The number of carbonyl (C=O) groups excluding carboxylic acids is 2. The zero-order chi connectivity index (χ0) is 23.3. The van der Waals surface area contributed by atoms with Gasteiger partial charge in [-0.2, -0.15) is 10.2 Å². The van der Waals surface area contributed by atoms with Crippen molar-refractivity contribution in [1.82, 2.24) is 10.6 Å². The summed E-state index contributed by atoms with van der Waals surface area (Å²) in [5, 5.41) is 21.9. The first-order chi connectivity index (χ1) is 16.0.